The zero-order valence-electron chi connectivity index (χ0n) is 14.6. The molecule has 2 aromatic heterocycles. The summed E-state index contributed by atoms with van der Waals surface area (Å²) in [6, 6.07) is 10.6. The topological polar surface area (TPSA) is 63.2 Å². The monoisotopic (exact) mass is 367 g/mol. The smallest absolute Gasteiger partial charge is 0.229 e. The normalized spacial score (nSPS) is 17.3. The minimum Gasteiger partial charge on any atom is -0.497 e. The van der Waals surface area contributed by atoms with Crippen molar-refractivity contribution in [3.05, 3.63) is 59.4 Å². The standard InChI is InChI=1S/C19H21N5OS/c1-25-15-6-4-14(5-7-15)13-24-11-2-3-17(24)16-8-9-20-18(22-16)23-19-21-10-12-26-19/h4-10,12,17H,2-3,11,13H2,1H3,(H,20,21,22,23)/t17-/m0/s1. The van der Waals surface area contributed by atoms with Gasteiger partial charge in [-0.2, -0.15) is 0 Å². The van der Waals surface area contributed by atoms with Crippen LogP contribution in [0.5, 0.6) is 5.75 Å². The van der Waals surface area contributed by atoms with Crippen LogP contribution in [0, 0.1) is 0 Å². The lowest BCUT2D eigenvalue weighted by molar-refractivity contribution is 0.244. The SMILES string of the molecule is COc1ccc(CN2CCC[C@H]2c2ccnc(Nc3nccs3)n2)cc1. The molecule has 0 unspecified atom stereocenters. The van der Waals surface area contributed by atoms with Crippen LogP contribution in [-0.2, 0) is 6.54 Å². The van der Waals surface area contributed by atoms with E-state index in [1.807, 2.05) is 29.8 Å². The molecule has 1 saturated heterocycles. The molecule has 0 radical (unpaired) electrons. The third-order valence-electron chi connectivity index (χ3n) is 4.58. The number of thiazole rings is 1. The number of anilines is 2. The summed E-state index contributed by atoms with van der Waals surface area (Å²) < 4.78 is 5.24. The van der Waals surface area contributed by atoms with Gasteiger partial charge < -0.3 is 10.1 Å². The van der Waals surface area contributed by atoms with Crippen molar-refractivity contribution in [1.29, 1.82) is 0 Å². The van der Waals surface area contributed by atoms with Gasteiger partial charge in [0.2, 0.25) is 5.95 Å². The van der Waals surface area contributed by atoms with Gasteiger partial charge in [0, 0.05) is 24.3 Å². The van der Waals surface area contributed by atoms with Crippen LogP contribution in [0.25, 0.3) is 0 Å². The molecule has 1 atom stereocenters. The van der Waals surface area contributed by atoms with E-state index in [1.54, 1.807) is 13.3 Å². The van der Waals surface area contributed by atoms with Gasteiger partial charge in [-0.05, 0) is 43.1 Å². The minimum atomic E-state index is 0.317. The van der Waals surface area contributed by atoms with E-state index in [4.69, 9.17) is 9.72 Å². The van der Waals surface area contributed by atoms with E-state index in [0.717, 1.165) is 36.1 Å². The van der Waals surface area contributed by atoms with E-state index >= 15 is 0 Å². The Kier molecular flexibility index (Phi) is 5.08. The number of aromatic nitrogens is 3. The van der Waals surface area contributed by atoms with Crippen LogP contribution >= 0.6 is 11.3 Å². The Morgan fingerprint density at radius 3 is 2.85 bits per heavy atom. The second kappa shape index (κ2) is 7.80. The third kappa shape index (κ3) is 3.84. The Balaban J connectivity index is 1.48. The summed E-state index contributed by atoms with van der Waals surface area (Å²) in [5, 5.41) is 5.92. The Morgan fingerprint density at radius 1 is 1.19 bits per heavy atom. The summed E-state index contributed by atoms with van der Waals surface area (Å²) in [7, 11) is 1.69. The maximum Gasteiger partial charge on any atom is 0.229 e. The second-order valence-electron chi connectivity index (χ2n) is 6.24. The van der Waals surface area contributed by atoms with Crippen molar-refractivity contribution < 1.29 is 4.74 Å². The number of nitrogens with one attached hydrogen (secondary N) is 1. The van der Waals surface area contributed by atoms with Crippen LogP contribution in [0.4, 0.5) is 11.1 Å². The van der Waals surface area contributed by atoms with Gasteiger partial charge in [0.05, 0.1) is 18.8 Å². The van der Waals surface area contributed by atoms with Crippen molar-refractivity contribution in [3.63, 3.8) is 0 Å². The molecule has 4 rings (SSSR count). The molecule has 0 spiro atoms. The number of ether oxygens (including phenoxy) is 1. The molecule has 1 aromatic carbocycles. The Morgan fingerprint density at radius 2 is 2.08 bits per heavy atom. The fraction of sp³-hybridized carbons (Fsp3) is 0.316. The highest BCUT2D eigenvalue weighted by Gasteiger charge is 2.27. The summed E-state index contributed by atoms with van der Waals surface area (Å²) in [6.45, 7) is 1.99. The molecular weight excluding hydrogens is 346 g/mol. The number of nitrogens with zero attached hydrogens (tertiary/aromatic N) is 4. The number of hydrogen-bond acceptors (Lipinski definition) is 7. The zero-order chi connectivity index (χ0) is 17.8. The fourth-order valence-corrected chi connectivity index (χ4v) is 3.84. The molecule has 0 saturated carbocycles. The average Bonchev–Trinajstić information content (AvgIpc) is 3.35. The first-order chi connectivity index (χ1) is 12.8. The van der Waals surface area contributed by atoms with Crippen LogP contribution < -0.4 is 10.1 Å². The molecule has 3 heterocycles. The molecule has 134 valence electrons. The molecule has 26 heavy (non-hydrogen) atoms. The summed E-state index contributed by atoms with van der Waals surface area (Å²) in [4.78, 5) is 15.8. The minimum absolute atomic E-state index is 0.317. The number of methoxy groups -OCH3 is 1. The van der Waals surface area contributed by atoms with Gasteiger partial charge in [0.1, 0.15) is 5.75 Å². The van der Waals surface area contributed by atoms with Crippen molar-refractivity contribution in [3.8, 4) is 5.75 Å². The molecule has 1 N–H and O–H groups in total. The fourth-order valence-electron chi connectivity index (χ4n) is 3.32. The summed E-state index contributed by atoms with van der Waals surface area (Å²) in [5.74, 6) is 1.49. The maximum atomic E-state index is 5.24. The van der Waals surface area contributed by atoms with Gasteiger partial charge in [-0.3, -0.25) is 4.90 Å². The van der Waals surface area contributed by atoms with Crippen LogP contribution in [0.2, 0.25) is 0 Å². The van der Waals surface area contributed by atoms with Gasteiger partial charge in [0.25, 0.3) is 0 Å². The van der Waals surface area contributed by atoms with Crippen molar-refractivity contribution in [1.82, 2.24) is 19.9 Å². The van der Waals surface area contributed by atoms with Crippen LogP contribution in [0.3, 0.4) is 0 Å². The van der Waals surface area contributed by atoms with E-state index in [9.17, 15) is 0 Å². The molecule has 1 fully saturated rings. The first-order valence-corrected chi connectivity index (χ1v) is 9.56. The highest BCUT2D eigenvalue weighted by molar-refractivity contribution is 7.13. The van der Waals surface area contributed by atoms with Crippen molar-refractivity contribution in [2.75, 3.05) is 19.0 Å². The molecule has 0 amide bonds. The Labute approximate surface area is 156 Å². The van der Waals surface area contributed by atoms with Crippen LogP contribution in [0.15, 0.2) is 48.1 Å². The Hall–Kier alpha value is -2.51. The average molecular weight is 367 g/mol. The van der Waals surface area contributed by atoms with Crippen molar-refractivity contribution in [2.45, 2.75) is 25.4 Å². The summed E-state index contributed by atoms with van der Waals surface area (Å²) in [5.41, 5.74) is 2.35. The molecule has 3 aromatic rings. The molecule has 1 aliphatic rings. The van der Waals surface area contributed by atoms with Crippen LogP contribution in [-0.4, -0.2) is 33.5 Å². The second-order valence-corrected chi connectivity index (χ2v) is 7.14. The lowest BCUT2D eigenvalue weighted by atomic mass is 10.1. The summed E-state index contributed by atoms with van der Waals surface area (Å²) >= 11 is 1.54. The molecule has 6 nitrogen and oxygen atoms in total. The number of benzene rings is 1. The molecule has 0 bridgehead atoms. The van der Waals surface area contributed by atoms with E-state index in [1.165, 1.54) is 23.3 Å². The lowest BCUT2D eigenvalue weighted by Crippen LogP contribution is -2.23. The number of hydrogen-bond donors (Lipinski definition) is 1. The summed E-state index contributed by atoms with van der Waals surface area (Å²) in [6.07, 6.45) is 5.89. The van der Waals surface area contributed by atoms with Gasteiger partial charge in [-0.25, -0.2) is 15.0 Å². The zero-order valence-corrected chi connectivity index (χ0v) is 15.4. The van der Waals surface area contributed by atoms with Gasteiger partial charge in [-0.15, -0.1) is 11.3 Å². The molecule has 1 aliphatic heterocycles. The highest BCUT2D eigenvalue weighted by atomic mass is 32.1. The van der Waals surface area contributed by atoms with E-state index in [2.05, 4.69) is 32.3 Å². The predicted molar refractivity (Wildman–Crippen MR) is 103 cm³/mol. The third-order valence-corrected chi connectivity index (χ3v) is 5.27. The van der Waals surface area contributed by atoms with E-state index in [-0.39, 0.29) is 0 Å². The molecular formula is C19H21N5OS. The van der Waals surface area contributed by atoms with Gasteiger partial charge in [0.15, 0.2) is 5.13 Å². The highest BCUT2D eigenvalue weighted by Crippen LogP contribution is 2.32. The van der Waals surface area contributed by atoms with E-state index in [0.29, 0.717) is 12.0 Å². The first-order valence-electron chi connectivity index (χ1n) is 8.68. The maximum absolute atomic E-state index is 5.24. The quantitative estimate of drug-likeness (QED) is 0.710. The first kappa shape index (κ1) is 16.9. The van der Waals surface area contributed by atoms with Crippen molar-refractivity contribution >= 4 is 22.4 Å². The predicted octanol–water partition coefficient (Wildman–Crippen LogP) is 4.02. The molecule has 7 heteroatoms. The van der Waals surface area contributed by atoms with Gasteiger partial charge in [-0.1, -0.05) is 12.1 Å². The number of likely N-dealkylation sites (tertiary alicyclic amines) is 1. The molecule has 0 aliphatic carbocycles. The van der Waals surface area contributed by atoms with Crippen LogP contribution in [0.1, 0.15) is 30.1 Å². The lowest BCUT2D eigenvalue weighted by Gasteiger charge is -2.24. The van der Waals surface area contributed by atoms with E-state index < -0.39 is 0 Å². The van der Waals surface area contributed by atoms with Crippen molar-refractivity contribution in [2.24, 2.45) is 0 Å². The Bertz CT molecular complexity index is 837. The number of rotatable bonds is 6. The van der Waals surface area contributed by atoms with Gasteiger partial charge >= 0.3 is 0 Å². The largest absolute Gasteiger partial charge is 0.497 e.